The number of amides is 1. The summed E-state index contributed by atoms with van der Waals surface area (Å²) in [6, 6.07) is 14.6. The number of carbonyl (C=O) groups excluding carboxylic acids is 1. The summed E-state index contributed by atoms with van der Waals surface area (Å²) in [6.45, 7) is 0. The van der Waals surface area contributed by atoms with Gasteiger partial charge in [0.25, 0.3) is 0 Å². The smallest absolute Gasteiger partial charge is 0.414 e. The second-order valence-electron chi connectivity index (χ2n) is 4.92. The maximum Gasteiger partial charge on any atom is 0.414 e. The van der Waals surface area contributed by atoms with Gasteiger partial charge in [-0.1, -0.05) is 48.5 Å². The van der Waals surface area contributed by atoms with E-state index in [0.29, 0.717) is 0 Å². The third kappa shape index (κ3) is 2.16. The molecule has 0 aliphatic carbocycles. The van der Waals surface area contributed by atoms with Crippen molar-refractivity contribution in [1.29, 1.82) is 0 Å². The van der Waals surface area contributed by atoms with E-state index < -0.39 is 0 Å². The third-order valence-electron chi connectivity index (χ3n) is 3.78. The van der Waals surface area contributed by atoms with Crippen molar-refractivity contribution < 1.29 is 9.53 Å². The van der Waals surface area contributed by atoms with E-state index >= 15 is 0 Å². The highest BCUT2D eigenvalue weighted by Crippen LogP contribution is 2.34. The fraction of sp³-hybridized carbons (Fsp3) is 0.235. The molecule has 1 atom stereocenters. The molecule has 0 spiro atoms. The lowest BCUT2D eigenvalue weighted by atomic mass is 9.93. The van der Waals surface area contributed by atoms with Gasteiger partial charge in [0.2, 0.25) is 0 Å². The van der Waals surface area contributed by atoms with Crippen LogP contribution in [0.5, 0.6) is 0 Å². The molecule has 1 aliphatic rings. The Bertz CT molecular complexity index is 658. The van der Waals surface area contributed by atoms with Gasteiger partial charge in [0.1, 0.15) is 0 Å². The first kappa shape index (κ1) is 12.7. The molecule has 0 saturated heterocycles. The average molecular weight is 267 g/mol. The number of allylic oxidation sites excluding steroid dienone is 1. The first-order valence-electron chi connectivity index (χ1n) is 6.82. The van der Waals surface area contributed by atoms with Crippen LogP contribution in [0, 0.1) is 0 Å². The topological polar surface area (TPSA) is 29.5 Å². The predicted molar refractivity (Wildman–Crippen MR) is 79.3 cm³/mol. The van der Waals surface area contributed by atoms with Gasteiger partial charge in [0, 0.05) is 6.20 Å². The molecule has 0 radical (unpaired) electrons. The van der Waals surface area contributed by atoms with Gasteiger partial charge in [-0.25, -0.2) is 4.79 Å². The number of hydrogen-bond donors (Lipinski definition) is 0. The number of hydrogen-bond acceptors (Lipinski definition) is 2. The van der Waals surface area contributed by atoms with Crippen LogP contribution in [-0.2, 0) is 4.74 Å². The predicted octanol–water partition coefficient (Wildman–Crippen LogP) is 4.26. The van der Waals surface area contributed by atoms with Crippen molar-refractivity contribution in [2.45, 2.75) is 18.9 Å². The van der Waals surface area contributed by atoms with E-state index in [0.717, 1.165) is 12.8 Å². The summed E-state index contributed by atoms with van der Waals surface area (Å²) in [5, 5.41) is 2.40. The Balaban J connectivity index is 2.09. The van der Waals surface area contributed by atoms with Gasteiger partial charge in [-0.2, -0.15) is 0 Å². The van der Waals surface area contributed by atoms with Crippen LogP contribution in [0.2, 0.25) is 0 Å². The highest BCUT2D eigenvalue weighted by Gasteiger charge is 2.26. The molecule has 1 amide bonds. The second-order valence-corrected chi connectivity index (χ2v) is 4.92. The Morgan fingerprint density at radius 1 is 1.20 bits per heavy atom. The number of ether oxygens (including phenoxy) is 1. The fourth-order valence-electron chi connectivity index (χ4n) is 2.83. The van der Waals surface area contributed by atoms with Gasteiger partial charge in [-0.15, -0.1) is 0 Å². The average Bonchev–Trinajstić information content (AvgIpc) is 2.53. The van der Waals surface area contributed by atoms with Gasteiger partial charge in [-0.05, 0) is 29.2 Å². The summed E-state index contributed by atoms with van der Waals surface area (Å²) in [4.78, 5) is 13.6. The van der Waals surface area contributed by atoms with E-state index in [1.165, 1.54) is 23.4 Å². The lowest BCUT2D eigenvalue weighted by molar-refractivity contribution is 0.122. The second kappa shape index (κ2) is 5.37. The molecule has 1 unspecified atom stereocenters. The summed E-state index contributed by atoms with van der Waals surface area (Å²) in [5.74, 6) is 0. The Kier molecular flexibility index (Phi) is 3.42. The van der Waals surface area contributed by atoms with Gasteiger partial charge < -0.3 is 4.74 Å². The summed E-state index contributed by atoms with van der Waals surface area (Å²) in [5.41, 5.74) is 1.18. The number of rotatable bonds is 1. The molecule has 2 aromatic rings. The minimum Gasteiger partial charge on any atom is -0.452 e. The van der Waals surface area contributed by atoms with Gasteiger partial charge >= 0.3 is 6.09 Å². The van der Waals surface area contributed by atoms with Crippen LogP contribution in [0.1, 0.15) is 24.4 Å². The van der Waals surface area contributed by atoms with Gasteiger partial charge in [0.15, 0.2) is 0 Å². The van der Waals surface area contributed by atoms with Gasteiger partial charge in [0.05, 0.1) is 13.2 Å². The molecule has 102 valence electrons. The highest BCUT2D eigenvalue weighted by atomic mass is 16.5. The van der Waals surface area contributed by atoms with E-state index in [9.17, 15) is 4.79 Å². The van der Waals surface area contributed by atoms with Crippen molar-refractivity contribution in [2.24, 2.45) is 0 Å². The van der Waals surface area contributed by atoms with Crippen molar-refractivity contribution in [3.63, 3.8) is 0 Å². The Morgan fingerprint density at radius 2 is 2.00 bits per heavy atom. The van der Waals surface area contributed by atoms with Crippen LogP contribution in [0.3, 0.4) is 0 Å². The van der Waals surface area contributed by atoms with Crippen molar-refractivity contribution in [2.75, 3.05) is 7.11 Å². The zero-order chi connectivity index (χ0) is 13.9. The molecule has 0 bridgehead atoms. The Labute approximate surface area is 118 Å². The van der Waals surface area contributed by atoms with Crippen LogP contribution in [-0.4, -0.2) is 18.1 Å². The van der Waals surface area contributed by atoms with Crippen molar-refractivity contribution in [1.82, 2.24) is 4.90 Å². The van der Waals surface area contributed by atoms with Crippen molar-refractivity contribution in [3.8, 4) is 0 Å². The summed E-state index contributed by atoms with van der Waals surface area (Å²) in [7, 11) is 1.42. The molecule has 0 aromatic heterocycles. The molecular weight excluding hydrogens is 250 g/mol. The van der Waals surface area contributed by atoms with Crippen LogP contribution in [0.25, 0.3) is 10.8 Å². The van der Waals surface area contributed by atoms with Crippen molar-refractivity contribution in [3.05, 3.63) is 60.3 Å². The number of fused-ring (bicyclic) bond motifs is 1. The normalized spacial score (nSPS) is 18.2. The number of benzene rings is 2. The maximum atomic E-state index is 11.9. The SMILES string of the molecule is COC(=O)N1C=CCCC1c1cccc2ccccc12. The third-order valence-corrected chi connectivity index (χ3v) is 3.78. The molecule has 0 N–H and O–H groups in total. The van der Waals surface area contributed by atoms with E-state index in [4.69, 9.17) is 4.74 Å². The Morgan fingerprint density at radius 3 is 2.85 bits per heavy atom. The minimum atomic E-state index is -0.307. The molecule has 3 heteroatoms. The number of carbonyl (C=O) groups is 1. The van der Waals surface area contributed by atoms with Crippen LogP contribution in [0.15, 0.2) is 54.7 Å². The molecule has 3 rings (SSSR count). The summed E-state index contributed by atoms with van der Waals surface area (Å²) in [6.07, 6.45) is 5.43. The molecule has 0 fully saturated rings. The minimum absolute atomic E-state index is 0.0403. The first-order chi connectivity index (χ1) is 9.81. The highest BCUT2D eigenvalue weighted by molar-refractivity contribution is 5.86. The number of methoxy groups -OCH3 is 1. The van der Waals surface area contributed by atoms with E-state index in [1.807, 2.05) is 30.5 Å². The monoisotopic (exact) mass is 267 g/mol. The molecule has 0 saturated carbocycles. The maximum absolute atomic E-state index is 11.9. The standard InChI is InChI=1S/C17H17NO2/c1-20-17(19)18-12-5-4-11-16(18)15-10-6-8-13-7-2-3-9-14(13)15/h2-3,5-10,12,16H,4,11H2,1H3. The molecular formula is C17H17NO2. The molecule has 3 nitrogen and oxygen atoms in total. The molecule has 2 aromatic carbocycles. The van der Waals surface area contributed by atoms with E-state index in [1.54, 1.807) is 4.90 Å². The van der Waals surface area contributed by atoms with Crippen molar-refractivity contribution >= 4 is 16.9 Å². The molecule has 1 heterocycles. The van der Waals surface area contributed by atoms with E-state index in [2.05, 4.69) is 24.3 Å². The quantitative estimate of drug-likeness (QED) is 0.772. The summed E-state index contributed by atoms with van der Waals surface area (Å²) < 4.78 is 4.89. The zero-order valence-corrected chi connectivity index (χ0v) is 11.5. The molecule has 1 aliphatic heterocycles. The first-order valence-corrected chi connectivity index (χ1v) is 6.82. The summed E-state index contributed by atoms with van der Waals surface area (Å²) >= 11 is 0. The zero-order valence-electron chi connectivity index (χ0n) is 11.5. The lowest BCUT2D eigenvalue weighted by Crippen LogP contribution is -2.32. The number of nitrogens with zero attached hydrogens (tertiary/aromatic N) is 1. The van der Waals surface area contributed by atoms with Gasteiger partial charge in [-0.3, -0.25) is 4.90 Å². The fourth-order valence-corrected chi connectivity index (χ4v) is 2.83. The van der Waals surface area contributed by atoms with Crippen LogP contribution < -0.4 is 0 Å². The Hall–Kier alpha value is -2.29. The largest absolute Gasteiger partial charge is 0.452 e. The van der Waals surface area contributed by atoms with Crippen LogP contribution >= 0.6 is 0 Å². The van der Waals surface area contributed by atoms with E-state index in [-0.39, 0.29) is 12.1 Å². The van der Waals surface area contributed by atoms with Crippen LogP contribution in [0.4, 0.5) is 4.79 Å². The molecule has 20 heavy (non-hydrogen) atoms. The lowest BCUT2D eigenvalue weighted by Gasteiger charge is -2.31.